The summed E-state index contributed by atoms with van der Waals surface area (Å²) >= 11 is 0. The fourth-order valence-electron chi connectivity index (χ4n) is 3.78. The summed E-state index contributed by atoms with van der Waals surface area (Å²) in [6, 6.07) is 8.65. The molecule has 2 atom stereocenters. The normalized spacial score (nSPS) is 17.9. The Labute approximate surface area is 187 Å². The number of carbonyl (C=O) groups excluding carboxylic acids is 2. The first-order valence-electron chi connectivity index (χ1n) is 9.83. The van der Waals surface area contributed by atoms with Gasteiger partial charge >= 0.3 is 11.9 Å². The summed E-state index contributed by atoms with van der Waals surface area (Å²) < 4.78 is 36.9. The fourth-order valence-corrected chi connectivity index (χ4v) is 3.78. The molecule has 0 bridgehead atoms. The quantitative estimate of drug-likeness (QED) is 0.364. The van der Waals surface area contributed by atoms with Gasteiger partial charge in [-0.2, -0.15) is 0 Å². The molecule has 0 amide bonds. The van der Waals surface area contributed by atoms with Gasteiger partial charge in [0.25, 0.3) is 5.69 Å². The third-order valence-corrected chi connectivity index (χ3v) is 5.30. The number of esters is 2. The molecule has 0 saturated carbocycles. The van der Waals surface area contributed by atoms with E-state index in [1.54, 1.807) is 19.9 Å². The highest BCUT2D eigenvalue weighted by Gasteiger charge is 2.42. The lowest BCUT2D eigenvalue weighted by Crippen LogP contribution is -2.36. The number of ether oxygens (including phenoxy) is 2. The number of aliphatic imine (C=N–C) groups is 1. The van der Waals surface area contributed by atoms with Gasteiger partial charge in [0.15, 0.2) is 11.6 Å². The van der Waals surface area contributed by atoms with Crippen LogP contribution in [-0.4, -0.2) is 29.7 Å². The van der Waals surface area contributed by atoms with Crippen molar-refractivity contribution in [2.45, 2.75) is 26.4 Å². The zero-order valence-corrected chi connectivity index (χ0v) is 18.0. The van der Waals surface area contributed by atoms with Crippen LogP contribution in [0.15, 0.2) is 58.7 Å². The predicted octanol–water partition coefficient (Wildman–Crippen LogP) is 4.24. The molecule has 2 aromatic carbocycles. The minimum absolute atomic E-state index is 0.0130. The smallest absolute Gasteiger partial charge is 0.336 e. The molecule has 10 heteroatoms. The number of nitro groups is 1. The van der Waals surface area contributed by atoms with Gasteiger partial charge in [0, 0.05) is 29.5 Å². The molecule has 0 N–H and O–H groups in total. The van der Waals surface area contributed by atoms with Gasteiger partial charge < -0.3 is 9.47 Å². The number of carbonyl (C=O) groups is 2. The number of nitro benzene ring substituents is 1. The molecule has 2 unspecified atom stereocenters. The van der Waals surface area contributed by atoms with Gasteiger partial charge in [0.2, 0.25) is 0 Å². The molecule has 1 aliphatic rings. The molecule has 1 aliphatic heterocycles. The molecule has 0 spiro atoms. The van der Waals surface area contributed by atoms with Gasteiger partial charge in [0.05, 0.1) is 17.6 Å². The van der Waals surface area contributed by atoms with Gasteiger partial charge in [-0.25, -0.2) is 13.6 Å². The van der Waals surface area contributed by atoms with Crippen LogP contribution in [0.4, 0.5) is 14.5 Å². The van der Waals surface area contributed by atoms with Crippen LogP contribution in [-0.2, 0) is 25.7 Å². The van der Waals surface area contributed by atoms with Crippen LogP contribution in [0.5, 0.6) is 0 Å². The van der Waals surface area contributed by atoms with Crippen molar-refractivity contribution in [1.29, 1.82) is 0 Å². The molecule has 0 aliphatic carbocycles. The monoisotopic (exact) mass is 458 g/mol. The zero-order chi connectivity index (χ0) is 24.3. The molecule has 1 heterocycles. The first-order valence-corrected chi connectivity index (χ1v) is 9.83. The Morgan fingerprint density at radius 2 is 1.85 bits per heavy atom. The van der Waals surface area contributed by atoms with E-state index in [-0.39, 0.29) is 29.1 Å². The van der Waals surface area contributed by atoms with E-state index in [0.717, 1.165) is 12.1 Å². The SMILES string of the molecule is COC(=O)C1C(C)=NC(C)=C(C(=O)OCc2ccc(F)c(F)c2)C1c1cccc([N+](=O)[O-])c1. The molecule has 8 nitrogen and oxygen atoms in total. The van der Waals surface area contributed by atoms with Crippen molar-refractivity contribution >= 4 is 23.3 Å². The Bertz CT molecular complexity index is 1190. The van der Waals surface area contributed by atoms with Crippen molar-refractivity contribution in [1.82, 2.24) is 0 Å². The molecular formula is C23H20F2N2O6. The van der Waals surface area contributed by atoms with Gasteiger partial charge in [-0.15, -0.1) is 0 Å². The van der Waals surface area contributed by atoms with E-state index in [1.165, 1.54) is 31.4 Å². The van der Waals surface area contributed by atoms with E-state index < -0.39 is 40.3 Å². The Balaban J connectivity index is 2.02. The topological polar surface area (TPSA) is 108 Å². The van der Waals surface area contributed by atoms with E-state index in [9.17, 15) is 28.5 Å². The van der Waals surface area contributed by atoms with Gasteiger partial charge in [-0.3, -0.25) is 19.9 Å². The highest BCUT2D eigenvalue weighted by molar-refractivity contribution is 6.07. The standard InChI is InChI=1S/C23H20F2N2O6/c1-12-19(22(28)32-3)21(15-5-4-6-16(10-15)27(30)31)20(13(2)26-12)23(29)33-11-14-7-8-17(24)18(25)9-14/h4-10,19,21H,11H2,1-3H3. The maximum atomic E-state index is 13.5. The van der Waals surface area contributed by atoms with Crippen LogP contribution in [0, 0.1) is 27.7 Å². The lowest BCUT2D eigenvalue weighted by atomic mass is 9.75. The third-order valence-electron chi connectivity index (χ3n) is 5.30. The van der Waals surface area contributed by atoms with Crippen LogP contribution in [0.2, 0.25) is 0 Å². The highest BCUT2D eigenvalue weighted by atomic mass is 19.2. The Hall–Kier alpha value is -3.95. The average molecular weight is 458 g/mol. The van der Waals surface area contributed by atoms with E-state index in [2.05, 4.69) is 4.99 Å². The van der Waals surface area contributed by atoms with Crippen molar-refractivity contribution in [2.24, 2.45) is 10.9 Å². The number of benzene rings is 2. The average Bonchev–Trinajstić information content (AvgIpc) is 2.78. The number of allylic oxidation sites excluding steroid dienone is 1. The largest absolute Gasteiger partial charge is 0.468 e. The van der Waals surface area contributed by atoms with Crippen LogP contribution >= 0.6 is 0 Å². The summed E-state index contributed by atoms with van der Waals surface area (Å²) in [6.07, 6.45) is 0. The third kappa shape index (κ3) is 4.94. The van der Waals surface area contributed by atoms with Crippen LogP contribution in [0.1, 0.15) is 30.9 Å². The second kappa shape index (κ2) is 9.68. The molecule has 0 saturated heterocycles. The minimum atomic E-state index is -1.09. The number of methoxy groups -OCH3 is 1. The molecule has 0 radical (unpaired) electrons. The summed E-state index contributed by atoms with van der Waals surface area (Å²) in [7, 11) is 1.19. The molecule has 0 fully saturated rings. The first kappa shape index (κ1) is 23.7. The van der Waals surface area contributed by atoms with Crippen molar-refractivity contribution < 1.29 is 32.8 Å². The number of rotatable bonds is 6. The second-order valence-electron chi connectivity index (χ2n) is 7.41. The Kier molecular flexibility index (Phi) is 6.95. The van der Waals surface area contributed by atoms with Crippen LogP contribution < -0.4 is 0 Å². The van der Waals surface area contributed by atoms with Gasteiger partial charge in [-0.05, 0) is 37.1 Å². The first-order chi connectivity index (χ1) is 15.6. The maximum Gasteiger partial charge on any atom is 0.336 e. The van der Waals surface area contributed by atoms with E-state index in [1.807, 2.05) is 0 Å². The number of halogens is 2. The second-order valence-corrected chi connectivity index (χ2v) is 7.41. The Morgan fingerprint density at radius 3 is 2.48 bits per heavy atom. The number of nitrogens with zero attached hydrogens (tertiary/aromatic N) is 2. The molecular weight excluding hydrogens is 438 g/mol. The minimum Gasteiger partial charge on any atom is -0.468 e. The van der Waals surface area contributed by atoms with Gasteiger partial charge in [0.1, 0.15) is 12.5 Å². The lowest BCUT2D eigenvalue weighted by Gasteiger charge is -2.31. The summed E-state index contributed by atoms with van der Waals surface area (Å²) in [4.78, 5) is 40.7. The van der Waals surface area contributed by atoms with Crippen molar-refractivity contribution in [2.75, 3.05) is 7.11 Å². The van der Waals surface area contributed by atoms with Crippen molar-refractivity contribution in [3.63, 3.8) is 0 Å². The van der Waals surface area contributed by atoms with E-state index in [4.69, 9.17) is 9.47 Å². The highest BCUT2D eigenvalue weighted by Crippen LogP contribution is 2.41. The lowest BCUT2D eigenvalue weighted by molar-refractivity contribution is -0.384. The fraction of sp³-hybridized carbons (Fsp3) is 0.261. The number of hydrogen-bond acceptors (Lipinski definition) is 7. The molecule has 0 aromatic heterocycles. The Morgan fingerprint density at radius 1 is 1.12 bits per heavy atom. The van der Waals surface area contributed by atoms with Crippen molar-refractivity contribution in [3.8, 4) is 0 Å². The van der Waals surface area contributed by atoms with E-state index >= 15 is 0 Å². The summed E-state index contributed by atoms with van der Waals surface area (Å²) in [5, 5.41) is 11.3. The summed E-state index contributed by atoms with van der Waals surface area (Å²) in [6.45, 7) is 2.79. The molecule has 172 valence electrons. The van der Waals surface area contributed by atoms with E-state index in [0.29, 0.717) is 11.3 Å². The number of hydrogen-bond donors (Lipinski definition) is 0. The van der Waals surface area contributed by atoms with Crippen LogP contribution in [0.3, 0.4) is 0 Å². The zero-order valence-electron chi connectivity index (χ0n) is 18.0. The molecule has 3 rings (SSSR count). The predicted molar refractivity (Wildman–Crippen MR) is 113 cm³/mol. The van der Waals surface area contributed by atoms with Crippen molar-refractivity contribution in [3.05, 3.63) is 86.6 Å². The molecule has 2 aromatic rings. The number of non-ortho nitro benzene ring substituents is 1. The van der Waals surface area contributed by atoms with Gasteiger partial charge in [-0.1, -0.05) is 18.2 Å². The molecule has 33 heavy (non-hydrogen) atoms. The van der Waals surface area contributed by atoms with Crippen LogP contribution in [0.25, 0.3) is 0 Å². The summed E-state index contributed by atoms with van der Waals surface area (Å²) in [5.41, 5.74) is 0.968. The summed E-state index contributed by atoms with van der Waals surface area (Å²) in [5.74, 6) is -5.63. The maximum absolute atomic E-state index is 13.5.